The first-order valence-electron chi connectivity index (χ1n) is 5.78. The number of halogens is 1. The van der Waals surface area contributed by atoms with E-state index in [1.165, 1.54) is 5.56 Å². The van der Waals surface area contributed by atoms with E-state index in [2.05, 4.69) is 46.5 Å². The lowest BCUT2D eigenvalue weighted by atomic mass is 10.0. The average Bonchev–Trinajstić information content (AvgIpc) is 2.37. The highest BCUT2D eigenvalue weighted by atomic mass is 79.9. The second kappa shape index (κ2) is 5.67. The summed E-state index contributed by atoms with van der Waals surface area (Å²) in [6.45, 7) is 2.84. The molecule has 0 spiro atoms. The van der Waals surface area contributed by atoms with E-state index in [-0.39, 0.29) is 6.04 Å². The highest BCUT2D eigenvalue weighted by Crippen LogP contribution is 2.32. The molecule has 3 nitrogen and oxygen atoms in total. The number of nitrogens with two attached hydrogens (primary N) is 1. The van der Waals surface area contributed by atoms with Crippen molar-refractivity contribution >= 4 is 15.9 Å². The fraction of sp³-hybridized carbons (Fsp3) is 0.385. The Morgan fingerprint density at radius 1 is 1.47 bits per heavy atom. The van der Waals surface area contributed by atoms with Crippen LogP contribution in [0.5, 0.6) is 0 Å². The van der Waals surface area contributed by atoms with Gasteiger partial charge in [-0.15, -0.1) is 0 Å². The number of rotatable bonds is 3. The Hall–Kier alpha value is -0.840. The van der Waals surface area contributed by atoms with Crippen molar-refractivity contribution in [1.82, 2.24) is 5.43 Å². The molecule has 1 unspecified atom stereocenters. The molecule has 1 aliphatic heterocycles. The van der Waals surface area contributed by atoms with Gasteiger partial charge in [0.25, 0.3) is 0 Å². The van der Waals surface area contributed by atoms with Gasteiger partial charge in [-0.2, -0.15) is 0 Å². The number of allylic oxidation sites excluding steroid dienone is 1. The highest BCUT2D eigenvalue weighted by molar-refractivity contribution is 9.10. The number of hydrazine groups is 1. The SMILES string of the molecule is Cc1cccc(C(NN)C2=CCCCO2)c1Br. The van der Waals surface area contributed by atoms with Gasteiger partial charge in [-0.25, -0.2) is 5.43 Å². The average molecular weight is 297 g/mol. The van der Waals surface area contributed by atoms with Crippen molar-refractivity contribution in [3.8, 4) is 0 Å². The predicted octanol–water partition coefficient (Wildman–Crippen LogP) is 2.96. The summed E-state index contributed by atoms with van der Waals surface area (Å²) in [4.78, 5) is 0. The van der Waals surface area contributed by atoms with Crippen LogP contribution in [0.1, 0.15) is 30.0 Å². The van der Waals surface area contributed by atoms with E-state index in [1.807, 2.05) is 6.07 Å². The molecule has 0 amide bonds. The van der Waals surface area contributed by atoms with Gasteiger partial charge in [-0.3, -0.25) is 5.84 Å². The molecule has 0 fully saturated rings. The molecule has 4 heteroatoms. The largest absolute Gasteiger partial charge is 0.496 e. The third-order valence-corrected chi connectivity index (χ3v) is 4.03. The Kier molecular flexibility index (Phi) is 4.20. The highest BCUT2D eigenvalue weighted by Gasteiger charge is 2.21. The van der Waals surface area contributed by atoms with Crippen molar-refractivity contribution in [2.45, 2.75) is 25.8 Å². The van der Waals surface area contributed by atoms with Crippen LogP contribution in [0, 0.1) is 6.92 Å². The molecule has 1 heterocycles. The van der Waals surface area contributed by atoms with Gasteiger partial charge in [-0.1, -0.05) is 34.1 Å². The second-order valence-corrected chi connectivity index (χ2v) is 4.97. The van der Waals surface area contributed by atoms with Crippen molar-refractivity contribution < 1.29 is 4.74 Å². The number of nitrogens with one attached hydrogen (secondary N) is 1. The Labute approximate surface area is 110 Å². The maximum atomic E-state index is 5.68. The van der Waals surface area contributed by atoms with Gasteiger partial charge in [0.15, 0.2) is 0 Å². The Morgan fingerprint density at radius 3 is 2.94 bits per heavy atom. The number of ether oxygens (including phenoxy) is 1. The molecule has 0 saturated carbocycles. The van der Waals surface area contributed by atoms with Gasteiger partial charge >= 0.3 is 0 Å². The van der Waals surface area contributed by atoms with Crippen LogP contribution in [-0.4, -0.2) is 6.61 Å². The van der Waals surface area contributed by atoms with Crippen molar-refractivity contribution in [3.05, 3.63) is 45.6 Å². The Morgan fingerprint density at radius 2 is 2.29 bits per heavy atom. The second-order valence-electron chi connectivity index (χ2n) is 4.17. The quantitative estimate of drug-likeness (QED) is 0.666. The number of hydrogen-bond donors (Lipinski definition) is 2. The van der Waals surface area contributed by atoms with E-state index < -0.39 is 0 Å². The first-order chi connectivity index (χ1) is 8.24. The van der Waals surface area contributed by atoms with Crippen LogP contribution in [-0.2, 0) is 4.74 Å². The zero-order valence-corrected chi connectivity index (χ0v) is 11.5. The maximum absolute atomic E-state index is 5.68. The zero-order chi connectivity index (χ0) is 12.3. The molecule has 1 aliphatic rings. The summed E-state index contributed by atoms with van der Waals surface area (Å²) in [5.74, 6) is 6.58. The summed E-state index contributed by atoms with van der Waals surface area (Å²) < 4.78 is 6.76. The fourth-order valence-electron chi connectivity index (χ4n) is 2.00. The predicted molar refractivity (Wildman–Crippen MR) is 72.2 cm³/mol. The summed E-state index contributed by atoms with van der Waals surface area (Å²) in [7, 11) is 0. The normalized spacial score (nSPS) is 17.2. The maximum Gasteiger partial charge on any atom is 0.115 e. The third-order valence-electron chi connectivity index (χ3n) is 2.95. The van der Waals surface area contributed by atoms with Crippen LogP contribution in [0.3, 0.4) is 0 Å². The van der Waals surface area contributed by atoms with Crippen molar-refractivity contribution in [2.75, 3.05) is 6.61 Å². The summed E-state index contributed by atoms with van der Waals surface area (Å²) in [6.07, 6.45) is 4.25. The van der Waals surface area contributed by atoms with Crippen LogP contribution in [0.2, 0.25) is 0 Å². The van der Waals surface area contributed by atoms with Gasteiger partial charge in [0, 0.05) is 4.47 Å². The molecule has 1 atom stereocenters. The standard InChI is InChI=1S/C13H17BrN2O/c1-9-5-4-6-10(12(9)14)13(16-15)11-7-2-3-8-17-11/h4-7,13,16H,2-3,8,15H2,1H3. The van der Waals surface area contributed by atoms with Gasteiger partial charge in [0.2, 0.25) is 0 Å². The van der Waals surface area contributed by atoms with E-state index in [0.29, 0.717) is 0 Å². The summed E-state index contributed by atoms with van der Waals surface area (Å²) in [5, 5.41) is 0. The van der Waals surface area contributed by atoms with Crippen LogP contribution in [0.15, 0.2) is 34.5 Å². The van der Waals surface area contributed by atoms with Gasteiger partial charge < -0.3 is 4.74 Å². The van der Waals surface area contributed by atoms with E-state index in [9.17, 15) is 0 Å². The molecule has 0 aliphatic carbocycles. The molecule has 92 valence electrons. The molecule has 0 aromatic heterocycles. The molecule has 3 N–H and O–H groups in total. The van der Waals surface area contributed by atoms with Gasteiger partial charge in [0.1, 0.15) is 11.8 Å². The van der Waals surface area contributed by atoms with Crippen molar-refractivity contribution in [2.24, 2.45) is 5.84 Å². The number of benzene rings is 1. The fourth-order valence-corrected chi connectivity index (χ4v) is 2.49. The number of hydrogen-bond acceptors (Lipinski definition) is 3. The molecule has 0 saturated heterocycles. The summed E-state index contributed by atoms with van der Waals surface area (Å²) >= 11 is 3.61. The number of aryl methyl sites for hydroxylation is 1. The smallest absolute Gasteiger partial charge is 0.115 e. The Balaban J connectivity index is 2.34. The van der Waals surface area contributed by atoms with E-state index in [4.69, 9.17) is 10.6 Å². The molecular weight excluding hydrogens is 280 g/mol. The van der Waals surface area contributed by atoms with E-state index >= 15 is 0 Å². The van der Waals surface area contributed by atoms with Gasteiger partial charge in [-0.05, 0) is 37.0 Å². The monoisotopic (exact) mass is 296 g/mol. The topological polar surface area (TPSA) is 47.3 Å². The lowest BCUT2D eigenvalue weighted by Gasteiger charge is -2.24. The summed E-state index contributed by atoms with van der Waals surface area (Å²) in [5.41, 5.74) is 5.14. The molecule has 0 bridgehead atoms. The molecule has 1 aromatic rings. The van der Waals surface area contributed by atoms with Crippen LogP contribution < -0.4 is 11.3 Å². The molecule has 1 aromatic carbocycles. The first-order valence-corrected chi connectivity index (χ1v) is 6.57. The minimum Gasteiger partial charge on any atom is -0.496 e. The van der Waals surface area contributed by atoms with Crippen molar-refractivity contribution in [1.29, 1.82) is 0 Å². The lowest BCUT2D eigenvalue weighted by molar-refractivity contribution is 0.167. The molecule has 2 rings (SSSR count). The molecule has 17 heavy (non-hydrogen) atoms. The molecular formula is C13H17BrN2O. The van der Waals surface area contributed by atoms with Crippen LogP contribution in [0.25, 0.3) is 0 Å². The first kappa shape index (κ1) is 12.6. The Bertz CT molecular complexity index is 431. The van der Waals surface area contributed by atoms with Gasteiger partial charge in [0.05, 0.1) is 6.61 Å². The third kappa shape index (κ3) is 2.70. The van der Waals surface area contributed by atoms with Crippen LogP contribution in [0.4, 0.5) is 0 Å². The zero-order valence-electron chi connectivity index (χ0n) is 9.87. The summed E-state index contributed by atoms with van der Waals surface area (Å²) in [6, 6.07) is 6.07. The lowest BCUT2D eigenvalue weighted by Crippen LogP contribution is -2.31. The van der Waals surface area contributed by atoms with Crippen molar-refractivity contribution in [3.63, 3.8) is 0 Å². The minimum absolute atomic E-state index is 0.0791. The minimum atomic E-state index is -0.0791. The van der Waals surface area contributed by atoms with E-state index in [1.54, 1.807) is 0 Å². The molecule has 0 radical (unpaired) electrons. The van der Waals surface area contributed by atoms with Crippen LogP contribution >= 0.6 is 15.9 Å². The van der Waals surface area contributed by atoms with E-state index in [0.717, 1.165) is 35.2 Å².